The van der Waals surface area contributed by atoms with Gasteiger partial charge in [0.2, 0.25) is 4.77 Å². The quantitative estimate of drug-likeness (QED) is 0.680. The smallest absolute Gasteiger partial charge is 0.238 e. The van der Waals surface area contributed by atoms with Crippen molar-refractivity contribution in [2.24, 2.45) is 0 Å². The monoisotopic (exact) mass is 215 g/mol. The molecule has 0 fully saturated rings. The maximum Gasteiger partial charge on any atom is 0.238 e. The molecule has 0 aliphatic carbocycles. The van der Waals surface area contributed by atoms with Crippen LogP contribution in [-0.4, -0.2) is 45.3 Å². The van der Waals surface area contributed by atoms with E-state index >= 15 is 0 Å². The van der Waals surface area contributed by atoms with Gasteiger partial charge < -0.3 is 4.90 Å². The normalized spacial score (nSPS) is 11.1. The van der Waals surface area contributed by atoms with Crippen LogP contribution in [0, 0.1) is 4.77 Å². The zero-order valence-electron chi connectivity index (χ0n) is 8.97. The zero-order chi connectivity index (χ0) is 10.6. The molecule has 0 aromatic carbocycles. The van der Waals surface area contributed by atoms with E-state index in [2.05, 4.69) is 29.3 Å². The molecule has 1 heterocycles. The first-order valence-corrected chi connectivity index (χ1v) is 5.21. The second-order valence-corrected chi connectivity index (χ2v) is 3.81. The largest absolute Gasteiger partial charge is 0.309 e. The highest BCUT2D eigenvalue weighted by Gasteiger charge is 2.01. The van der Waals surface area contributed by atoms with E-state index in [1.165, 1.54) is 0 Å². The first-order chi connectivity index (χ1) is 6.65. The second kappa shape index (κ2) is 5.21. The van der Waals surface area contributed by atoms with Gasteiger partial charge >= 0.3 is 0 Å². The van der Waals surface area contributed by atoms with Crippen molar-refractivity contribution in [1.82, 2.24) is 24.7 Å². The van der Waals surface area contributed by atoms with Crippen molar-refractivity contribution >= 4 is 12.2 Å². The van der Waals surface area contributed by atoms with Crippen LogP contribution in [0.5, 0.6) is 0 Å². The molecule has 0 N–H and O–H groups in total. The summed E-state index contributed by atoms with van der Waals surface area (Å²) in [4.78, 5) is 3.99. The van der Waals surface area contributed by atoms with Gasteiger partial charge in [-0.05, 0) is 51.4 Å². The third-order valence-electron chi connectivity index (χ3n) is 2.00. The summed E-state index contributed by atoms with van der Waals surface area (Å²) in [5.41, 5.74) is 0. The topological polar surface area (TPSA) is 38.9 Å². The minimum absolute atomic E-state index is 0.567. The van der Waals surface area contributed by atoms with Crippen molar-refractivity contribution in [3.05, 3.63) is 4.77 Å². The SMILES string of the molecule is CCn1c(=S)nnn1CCCN(C)C. The van der Waals surface area contributed by atoms with Gasteiger partial charge in [-0.25, -0.2) is 4.68 Å². The molecule has 1 aromatic heterocycles. The van der Waals surface area contributed by atoms with Crippen LogP contribution in [0.1, 0.15) is 13.3 Å². The molecule has 0 atom stereocenters. The van der Waals surface area contributed by atoms with E-state index in [4.69, 9.17) is 12.2 Å². The Morgan fingerprint density at radius 2 is 2.14 bits per heavy atom. The molecule has 0 saturated carbocycles. The number of aryl methyl sites for hydroxylation is 1. The van der Waals surface area contributed by atoms with Crippen LogP contribution in [0.3, 0.4) is 0 Å². The fourth-order valence-electron chi connectivity index (χ4n) is 1.28. The van der Waals surface area contributed by atoms with Gasteiger partial charge in [-0.1, -0.05) is 5.10 Å². The standard InChI is InChI=1S/C8H17N5S/c1-4-12-8(14)9-10-13(12)7-5-6-11(2)3/h4-7H2,1-3H3. The van der Waals surface area contributed by atoms with E-state index in [-0.39, 0.29) is 0 Å². The van der Waals surface area contributed by atoms with Crippen LogP contribution in [0.2, 0.25) is 0 Å². The molecule has 0 radical (unpaired) electrons. The van der Waals surface area contributed by atoms with Crippen molar-refractivity contribution in [3.8, 4) is 0 Å². The van der Waals surface area contributed by atoms with Crippen LogP contribution in [0.15, 0.2) is 0 Å². The molecule has 14 heavy (non-hydrogen) atoms. The lowest BCUT2D eigenvalue weighted by atomic mass is 10.4. The summed E-state index contributed by atoms with van der Waals surface area (Å²) in [6.07, 6.45) is 1.06. The van der Waals surface area contributed by atoms with E-state index in [1.54, 1.807) is 0 Å². The lowest BCUT2D eigenvalue weighted by molar-refractivity contribution is 0.343. The minimum atomic E-state index is 0.567. The van der Waals surface area contributed by atoms with Gasteiger partial charge in [-0.2, -0.15) is 4.80 Å². The second-order valence-electron chi connectivity index (χ2n) is 3.44. The molecule has 0 saturated heterocycles. The summed E-state index contributed by atoms with van der Waals surface area (Å²) in [7, 11) is 4.13. The van der Waals surface area contributed by atoms with Crippen LogP contribution < -0.4 is 0 Å². The fraction of sp³-hybridized carbons (Fsp3) is 0.875. The Bertz CT molecular complexity index is 327. The van der Waals surface area contributed by atoms with Gasteiger partial charge in [0, 0.05) is 6.54 Å². The summed E-state index contributed by atoms with van der Waals surface area (Å²) < 4.78 is 2.47. The van der Waals surface area contributed by atoms with E-state index in [0.717, 1.165) is 26.1 Å². The van der Waals surface area contributed by atoms with Gasteiger partial charge in [-0.3, -0.25) is 0 Å². The van der Waals surface area contributed by atoms with Crippen LogP contribution in [0.25, 0.3) is 0 Å². The third kappa shape index (κ3) is 2.88. The van der Waals surface area contributed by atoms with Gasteiger partial charge in [0.05, 0.1) is 6.54 Å². The molecule has 6 heteroatoms. The zero-order valence-corrected chi connectivity index (χ0v) is 9.79. The predicted molar refractivity (Wildman–Crippen MR) is 57.7 cm³/mol. The van der Waals surface area contributed by atoms with Gasteiger partial charge in [0.1, 0.15) is 0 Å². The first kappa shape index (κ1) is 11.3. The maximum absolute atomic E-state index is 5.03. The third-order valence-corrected chi connectivity index (χ3v) is 2.29. The number of aromatic nitrogens is 4. The van der Waals surface area contributed by atoms with E-state index in [0.29, 0.717) is 4.77 Å². The number of tetrazole rings is 1. The first-order valence-electron chi connectivity index (χ1n) is 4.80. The average molecular weight is 215 g/mol. The lowest BCUT2D eigenvalue weighted by Gasteiger charge is -2.10. The highest BCUT2D eigenvalue weighted by Crippen LogP contribution is 1.93. The van der Waals surface area contributed by atoms with Crippen molar-refractivity contribution in [1.29, 1.82) is 0 Å². The molecule has 0 bridgehead atoms. The molecule has 1 rings (SSSR count). The Morgan fingerprint density at radius 3 is 2.71 bits per heavy atom. The Hall–Kier alpha value is -0.750. The van der Waals surface area contributed by atoms with E-state index in [9.17, 15) is 0 Å². The van der Waals surface area contributed by atoms with Gasteiger partial charge in [0.25, 0.3) is 0 Å². The summed E-state index contributed by atoms with van der Waals surface area (Å²) >= 11 is 5.03. The highest BCUT2D eigenvalue weighted by atomic mass is 32.1. The molecule has 1 aromatic rings. The van der Waals surface area contributed by atoms with Crippen LogP contribution >= 0.6 is 12.2 Å². The van der Waals surface area contributed by atoms with Crippen molar-refractivity contribution in [3.63, 3.8) is 0 Å². The van der Waals surface area contributed by atoms with Gasteiger partial charge in [0.15, 0.2) is 0 Å². The highest BCUT2D eigenvalue weighted by molar-refractivity contribution is 7.71. The van der Waals surface area contributed by atoms with Crippen molar-refractivity contribution in [2.45, 2.75) is 26.4 Å². The molecule has 0 aliphatic heterocycles. The van der Waals surface area contributed by atoms with Crippen molar-refractivity contribution in [2.75, 3.05) is 20.6 Å². The number of hydrogen-bond donors (Lipinski definition) is 0. The van der Waals surface area contributed by atoms with Crippen LogP contribution in [-0.2, 0) is 13.1 Å². The number of nitrogens with zero attached hydrogens (tertiary/aromatic N) is 5. The molecular formula is C8H17N5S. The predicted octanol–water partition coefficient (Wildman–Crippen LogP) is 0.781. The van der Waals surface area contributed by atoms with E-state index in [1.807, 2.05) is 16.4 Å². The maximum atomic E-state index is 5.03. The molecule has 5 nitrogen and oxygen atoms in total. The molecular weight excluding hydrogens is 198 g/mol. The fourth-order valence-corrected chi connectivity index (χ4v) is 1.54. The molecule has 0 spiro atoms. The lowest BCUT2D eigenvalue weighted by Crippen LogP contribution is -2.19. The summed E-state index contributed by atoms with van der Waals surface area (Å²) in [5, 5.41) is 7.85. The number of hydrogen-bond acceptors (Lipinski definition) is 4. The summed E-state index contributed by atoms with van der Waals surface area (Å²) in [6, 6.07) is 0. The molecule has 0 unspecified atom stereocenters. The summed E-state index contributed by atoms with van der Waals surface area (Å²) in [5.74, 6) is 0. The Balaban J connectivity index is 2.54. The Labute approximate surface area is 89.3 Å². The minimum Gasteiger partial charge on any atom is -0.309 e. The van der Waals surface area contributed by atoms with Gasteiger partial charge in [-0.15, -0.1) is 0 Å². The van der Waals surface area contributed by atoms with Crippen LogP contribution in [0.4, 0.5) is 0 Å². The average Bonchev–Trinajstić information content (AvgIpc) is 2.46. The molecule has 0 amide bonds. The molecule has 0 aliphatic rings. The molecule has 80 valence electrons. The Morgan fingerprint density at radius 1 is 1.43 bits per heavy atom. The van der Waals surface area contributed by atoms with E-state index < -0.39 is 0 Å². The van der Waals surface area contributed by atoms with Crippen molar-refractivity contribution < 1.29 is 0 Å². The number of rotatable bonds is 5. The summed E-state index contributed by atoms with van der Waals surface area (Å²) in [6.45, 7) is 4.79. The Kier molecular flexibility index (Phi) is 4.21.